The fourth-order valence-electron chi connectivity index (χ4n) is 3.02. The van der Waals surface area contributed by atoms with E-state index in [1.807, 2.05) is 6.92 Å². The molecule has 28 heavy (non-hydrogen) atoms. The number of hydrogen-bond donors (Lipinski definition) is 2. The Morgan fingerprint density at radius 1 is 0.964 bits per heavy atom. The fraction of sp³-hybridized carbons (Fsp3) is 0.350. The van der Waals surface area contributed by atoms with Crippen LogP contribution in [0.15, 0.2) is 53.4 Å². The van der Waals surface area contributed by atoms with Gasteiger partial charge in [-0.2, -0.15) is 0 Å². The zero-order valence-electron chi connectivity index (χ0n) is 15.8. The zero-order chi connectivity index (χ0) is 20.0. The predicted octanol–water partition coefficient (Wildman–Crippen LogP) is 3.90. The summed E-state index contributed by atoms with van der Waals surface area (Å²) in [7, 11) is -3.72. The summed E-state index contributed by atoms with van der Waals surface area (Å²) in [5, 5.41) is 2.82. The van der Waals surface area contributed by atoms with Gasteiger partial charge in [-0.1, -0.05) is 0 Å². The molecule has 0 atom stereocenters. The Kier molecular flexibility index (Phi) is 6.41. The van der Waals surface area contributed by atoms with Gasteiger partial charge in [0.15, 0.2) is 0 Å². The molecule has 2 aromatic carbocycles. The third-order valence-electron chi connectivity index (χ3n) is 4.48. The highest BCUT2D eigenvalue weighted by Crippen LogP contribution is 2.21. The number of ether oxygens (including phenoxy) is 1. The van der Waals surface area contributed by atoms with Crippen molar-refractivity contribution in [3.8, 4) is 5.75 Å². The monoisotopic (exact) mass is 403 g/mol. The minimum Gasteiger partial charge on any atom is -0.494 e. The number of benzene rings is 2. The van der Waals surface area contributed by atoms with Crippen molar-refractivity contribution in [2.75, 3.05) is 29.7 Å². The molecule has 2 N–H and O–H groups in total. The van der Waals surface area contributed by atoms with Crippen LogP contribution in [-0.2, 0) is 10.0 Å². The molecular weight excluding hydrogens is 378 g/mol. The summed E-state index contributed by atoms with van der Waals surface area (Å²) in [6.45, 7) is 3.94. The highest BCUT2D eigenvalue weighted by Gasteiger charge is 2.17. The molecule has 1 aliphatic rings. The van der Waals surface area contributed by atoms with E-state index >= 15 is 0 Å². The number of hydrogen-bond acceptors (Lipinski definition) is 4. The van der Waals surface area contributed by atoms with Gasteiger partial charge < -0.3 is 15.0 Å². The second kappa shape index (κ2) is 8.97. The van der Waals surface area contributed by atoms with Gasteiger partial charge in [-0.15, -0.1) is 0 Å². The molecule has 0 aliphatic carbocycles. The summed E-state index contributed by atoms with van der Waals surface area (Å²) in [5.41, 5.74) is 1.02. The number of carbonyl (C=O) groups is 1. The van der Waals surface area contributed by atoms with E-state index in [-0.39, 0.29) is 10.9 Å². The molecule has 1 heterocycles. The third-order valence-corrected chi connectivity index (χ3v) is 5.87. The predicted molar refractivity (Wildman–Crippen MR) is 109 cm³/mol. The van der Waals surface area contributed by atoms with Gasteiger partial charge in [0.2, 0.25) is 0 Å². The Bertz CT molecular complexity index is 890. The summed E-state index contributed by atoms with van der Waals surface area (Å²) in [6, 6.07) is 12.7. The van der Waals surface area contributed by atoms with Crippen LogP contribution in [0, 0.1) is 0 Å². The Balaban J connectivity index is 1.63. The van der Waals surface area contributed by atoms with Crippen molar-refractivity contribution < 1.29 is 17.9 Å². The highest BCUT2D eigenvalue weighted by atomic mass is 32.2. The lowest BCUT2D eigenvalue weighted by Gasteiger charge is -2.26. The highest BCUT2D eigenvalue weighted by molar-refractivity contribution is 7.92. The van der Waals surface area contributed by atoms with E-state index in [1.165, 1.54) is 12.1 Å². The standard InChI is InChI=1S/C20H25N3O4S/c1-2-27-18-10-6-17(7-11-18)22-28(25,26)19-12-8-16(9-13-19)21-20(24)23-14-4-3-5-15-23/h6-13,22H,2-5,14-15H2,1H3,(H,21,24). The first-order chi connectivity index (χ1) is 13.5. The number of rotatable bonds is 6. The molecular formula is C20H25N3O4S. The first-order valence-corrected chi connectivity index (χ1v) is 10.9. The number of nitrogens with one attached hydrogen (secondary N) is 2. The van der Waals surface area contributed by atoms with Gasteiger partial charge in [0.25, 0.3) is 10.0 Å². The van der Waals surface area contributed by atoms with Crippen molar-refractivity contribution in [3.63, 3.8) is 0 Å². The topological polar surface area (TPSA) is 87.7 Å². The van der Waals surface area contributed by atoms with Crippen LogP contribution in [0.2, 0.25) is 0 Å². The Labute approximate surface area is 165 Å². The van der Waals surface area contributed by atoms with Gasteiger partial charge in [-0.3, -0.25) is 4.72 Å². The third kappa shape index (κ3) is 5.16. The molecule has 1 saturated heterocycles. The first-order valence-electron chi connectivity index (χ1n) is 9.39. The number of amides is 2. The summed E-state index contributed by atoms with van der Waals surface area (Å²) in [5.74, 6) is 0.680. The molecule has 7 nitrogen and oxygen atoms in total. The molecule has 150 valence electrons. The molecule has 8 heteroatoms. The number of likely N-dealkylation sites (tertiary alicyclic amines) is 1. The Hall–Kier alpha value is -2.74. The van der Waals surface area contributed by atoms with Gasteiger partial charge >= 0.3 is 6.03 Å². The molecule has 0 aromatic heterocycles. The van der Waals surface area contributed by atoms with Gasteiger partial charge in [-0.25, -0.2) is 13.2 Å². The van der Waals surface area contributed by atoms with E-state index in [9.17, 15) is 13.2 Å². The van der Waals surface area contributed by atoms with Crippen molar-refractivity contribution in [1.82, 2.24) is 4.90 Å². The van der Waals surface area contributed by atoms with Crippen LogP contribution in [0.5, 0.6) is 5.75 Å². The van der Waals surface area contributed by atoms with Crippen molar-refractivity contribution in [2.24, 2.45) is 0 Å². The van der Waals surface area contributed by atoms with Crippen LogP contribution in [0.1, 0.15) is 26.2 Å². The van der Waals surface area contributed by atoms with E-state index in [2.05, 4.69) is 10.0 Å². The van der Waals surface area contributed by atoms with Crippen LogP contribution in [-0.4, -0.2) is 39.0 Å². The summed E-state index contributed by atoms with van der Waals surface area (Å²) < 4.78 is 33.0. The smallest absolute Gasteiger partial charge is 0.321 e. The molecule has 2 aromatic rings. The molecule has 1 aliphatic heterocycles. The maximum Gasteiger partial charge on any atom is 0.321 e. The molecule has 0 unspecified atom stereocenters. The van der Waals surface area contributed by atoms with Crippen molar-refractivity contribution in [1.29, 1.82) is 0 Å². The van der Waals surface area contributed by atoms with Crippen molar-refractivity contribution in [2.45, 2.75) is 31.1 Å². The van der Waals surface area contributed by atoms with Crippen LogP contribution >= 0.6 is 0 Å². The van der Waals surface area contributed by atoms with Gasteiger partial charge in [0.1, 0.15) is 5.75 Å². The summed E-state index contributed by atoms with van der Waals surface area (Å²) >= 11 is 0. The maximum absolute atomic E-state index is 12.6. The second-order valence-electron chi connectivity index (χ2n) is 6.57. The van der Waals surface area contributed by atoms with E-state index < -0.39 is 10.0 Å². The maximum atomic E-state index is 12.6. The summed E-state index contributed by atoms with van der Waals surface area (Å²) in [4.78, 5) is 14.1. The molecule has 0 bridgehead atoms. The van der Waals surface area contributed by atoms with Gasteiger partial charge in [0.05, 0.1) is 11.5 Å². The number of carbonyl (C=O) groups excluding carboxylic acids is 1. The first kappa shape index (κ1) is 20.0. The largest absolute Gasteiger partial charge is 0.494 e. The molecule has 0 radical (unpaired) electrons. The molecule has 1 fully saturated rings. The summed E-state index contributed by atoms with van der Waals surface area (Å²) in [6.07, 6.45) is 3.18. The number of anilines is 2. The lowest BCUT2D eigenvalue weighted by molar-refractivity contribution is 0.200. The zero-order valence-corrected chi connectivity index (χ0v) is 16.7. The normalized spacial score (nSPS) is 14.4. The SMILES string of the molecule is CCOc1ccc(NS(=O)(=O)c2ccc(NC(=O)N3CCCCC3)cc2)cc1. The molecule has 0 spiro atoms. The molecule has 3 rings (SSSR count). The number of nitrogens with zero attached hydrogens (tertiary/aromatic N) is 1. The average Bonchev–Trinajstić information content (AvgIpc) is 2.70. The number of sulfonamides is 1. The van der Waals surface area contributed by atoms with Crippen LogP contribution in [0.25, 0.3) is 0 Å². The van der Waals surface area contributed by atoms with Gasteiger partial charge in [-0.05, 0) is 74.7 Å². The number of urea groups is 1. The quantitative estimate of drug-likeness (QED) is 0.766. The fourth-order valence-corrected chi connectivity index (χ4v) is 4.08. The van der Waals surface area contributed by atoms with Crippen LogP contribution in [0.3, 0.4) is 0 Å². The minimum atomic E-state index is -3.72. The number of piperidine rings is 1. The van der Waals surface area contributed by atoms with Gasteiger partial charge in [0, 0.05) is 24.5 Å². The van der Waals surface area contributed by atoms with Crippen LogP contribution in [0.4, 0.5) is 16.2 Å². The average molecular weight is 404 g/mol. The second-order valence-corrected chi connectivity index (χ2v) is 8.25. The van der Waals surface area contributed by atoms with Crippen molar-refractivity contribution in [3.05, 3.63) is 48.5 Å². The van der Waals surface area contributed by atoms with Crippen molar-refractivity contribution >= 4 is 27.4 Å². The molecule has 0 saturated carbocycles. The van der Waals surface area contributed by atoms with E-state index in [1.54, 1.807) is 41.3 Å². The minimum absolute atomic E-state index is 0.123. The van der Waals surface area contributed by atoms with E-state index in [0.717, 1.165) is 32.4 Å². The molecule has 2 amide bonds. The Morgan fingerprint density at radius 2 is 1.57 bits per heavy atom. The lowest BCUT2D eigenvalue weighted by Crippen LogP contribution is -2.38. The Morgan fingerprint density at radius 3 is 2.18 bits per heavy atom. The van der Waals surface area contributed by atoms with E-state index in [0.29, 0.717) is 23.7 Å². The lowest BCUT2D eigenvalue weighted by atomic mass is 10.1. The van der Waals surface area contributed by atoms with E-state index in [4.69, 9.17) is 4.74 Å². The van der Waals surface area contributed by atoms with Crippen LogP contribution < -0.4 is 14.8 Å².